The second kappa shape index (κ2) is 8.52. The Balaban J connectivity index is 3.38. The molecule has 0 radical (unpaired) electrons. The number of nitrogens with two attached hydrogens (primary N) is 1. The first-order chi connectivity index (χ1) is 6.22. The molecule has 0 aromatic carbocycles. The monoisotopic (exact) mass is 186 g/mol. The van der Waals surface area contributed by atoms with Crippen molar-refractivity contribution < 1.29 is 0 Å². The van der Waals surface area contributed by atoms with Crippen LogP contribution < -0.4 is 5.73 Å². The Bertz CT molecular complexity index is 104. The van der Waals surface area contributed by atoms with Gasteiger partial charge in [0, 0.05) is 6.04 Å². The van der Waals surface area contributed by atoms with E-state index in [1.165, 1.54) is 25.7 Å². The second-order valence-corrected chi connectivity index (χ2v) is 3.97. The molecule has 0 aliphatic rings. The molecule has 1 atom stereocenters. The van der Waals surface area contributed by atoms with Gasteiger partial charge in [-0.3, -0.25) is 0 Å². The summed E-state index contributed by atoms with van der Waals surface area (Å²) in [4.78, 5) is 2.42. The van der Waals surface area contributed by atoms with Gasteiger partial charge in [0.05, 0.1) is 0 Å². The molecule has 2 heteroatoms. The maximum absolute atomic E-state index is 5.47. The molecule has 0 spiro atoms. The normalized spacial score (nSPS) is 13.6. The van der Waals surface area contributed by atoms with E-state index in [1.54, 1.807) is 0 Å². The highest BCUT2D eigenvalue weighted by atomic mass is 15.1. The molecule has 0 aromatic heterocycles. The number of unbranched alkanes of at least 4 members (excludes halogenated alkanes) is 2. The number of rotatable bonds is 8. The Labute approximate surface area is 83.5 Å². The zero-order valence-corrected chi connectivity index (χ0v) is 9.55. The molecule has 0 aliphatic carbocycles. The molecule has 0 amide bonds. The molecule has 0 aromatic rings. The lowest BCUT2D eigenvalue weighted by Gasteiger charge is -2.24. The third kappa shape index (κ3) is 7.03. The van der Waals surface area contributed by atoms with E-state index >= 15 is 0 Å². The van der Waals surface area contributed by atoms with Gasteiger partial charge in [-0.05, 0) is 39.9 Å². The SMILES string of the molecule is CCCCCC(C)N(C)CCCN. The van der Waals surface area contributed by atoms with Crippen LogP contribution in [0.15, 0.2) is 0 Å². The summed E-state index contributed by atoms with van der Waals surface area (Å²) in [5, 5.41) is 0. The summed E-state index contributed by atoms with van der Waals surface area (Å²) < 4.78 is 0. The van der Waals surface area contributed by atoms with Crippen LogP contribution in [0, 0.1) is 0 Å². The molecule has 1 unspecified atom stereocenters. The fourth-order valence-corrected chi connectivity index (χ4v) is 1.47. The lowest BCUT2D eigenvalue weighted by molar-refractivity contribution is 0.240. The highest BCUT2D eigenvalue weighted by Crippen LogP contribution is 2.07. The summed E-state index contributed by atoms with van der Waals surface area (Å²) in [6, 6.07) is 0.720. The van der Waals surface area contributed by atoms with E-state index in [2.05, 4.69) is 25.8 Å². The van der Waals surface area contributed by atoms with Gasteiger partial charge in [-0.2, -0.15) is 0 Å². The number of nitrogens with zero attached hydrogens (tertiary/aromatic N) is 1. The van der Waals surface area contributed by atoms with Crippen molar-refractivity contribution in [3.8, 4) is 0 Å². The number of hydrogen-bond acceptors (Lipinski definition) is 2. The van der Waals surface area contributed by atoms with Crippen molar-refractivity contribution in [1.82, 2.24) is 4.90 Å². The fourth-order valence-electron chi connectivity index (χ4n) is 1.47. The first-order valence-corrected chi connectivity index (χ1v) is 5.62. The smallest absolute Gasteiger partial charge is 0.00638 e. The van der Waals surface area contributed by atoms with Gasteiger partial charge in [0.25, 0.3) is 0 Å². The van der Waals surface area contributed by atoms with Gasteiger partial charge in [0.15, 0.2) is 0 Å². The van der Waals surface area contributed by atoms with Crippen LogP contribution in [-0.2, 0) is 0 Å². The van der Waals surface area contributed by atoms with Crippen LogP contribution >= 0.6 is 0 Å². The summed E-state index contributed by atoms with van der Waals surface area (Å²) in [5.74, 6) is 0. The molecule has 0 heterocycles. The van der Waals surface area contributed by atoms with Gasteiger partial charge in [-0.1, -0.05) is 26.2 Å². The maximum atomic E-state index is 5.47. The summed E-state index contributed by atoms with van der Waals surface area (Å²) in [6.45, 7) is 6.52. The molecule has 80 valence electrons. The molecule has 0 fully saturated rings. The van der Waals surface area contributed by atoms with Crippen molar-refractivity contribution in [2.75, 3.05) is 20.1 Å². The highest BCUT2D eigenvalue weighted by molar-refractivity contribution is 4.63. The van der Waals surface area contributed by atoms with Crippen molar-refractivity contribution in [3.63, 3.8) is 0 Å². The van der Waals surface area contributed by atoms with E-state index in [0.717, 1.165) is 25.6 Å². The third-order valence-electron chi connectivity index (χ3n) is 2.69. The van der Waals surface area contributed by atoms with E-state index in [0.29, 0.717) is 0 Å². The Morgan fingerprint density at radius 3 is 2.46 bits per heavy atom. The molecule has 2 nitrogen and oxygen atoms in total. The zero-order valence-electron chi connectivity index (χ0n) is 9.55. The standard InChI is InChI=1S/C11H26N2/c1-4-5-6-8-11(2)13(3)10-7-9-12/h11H,4-10,12H2,1-3H3. The maximum Gasteiger partial charge on any atom is 0.00638 e. The van der Waals surface area contributed by atoms with Gasteiger partial charge >= 0.3 is 0 Å². The molecule has 0 bridgehead atoms. The molecular formula is C11H26N2. The lowest BCUT2D eigenvalue weighted by atomic mass is 10.1. The first kappa shape index (κ1) is 12.9. The van der Waals surface area contributed by atoms with E-state index in [9.17, 15) is 0 Å². The minimum Gasteiger partial charge on any atom is -0.330 e. The van der Waals surface area contributed by atoms with Crippen molar-refractivity contribution in [1.29, 1.82) is 0 Å². The van der Waals surface area contributed by atoms with Gasteiger partial charge in [0.2, 0.25) is 0 Å². The lowest BCUT2D eigenvalue weighted by Crippen LogP contribution is -2.30. The van der Waals surface area contributed by atoms with Gasteiger partial charge < -0.3 is 10.6 Å². The molecular weight excluding hydrogens is 160 g/mol. The molecule has 0 saturated carbocycles. The van der Waals surface area contributed by atoms with Crippen molar-refractivity contribution in [3.05, 3.63) is 0 Å². The average Bonchev–Trinajstić information content (AvgIpc) is 2.14. The largest absolute Gasteiger partial charge is 0.330 e. The Morgan fingerprint density at radius 1 is 1.23 bits per heavy atom. The van der Waals surface area contributed by atoms with E-state index in [1.807, 2.05) is 0 Å². The first-order valence-electron chi connectivity index (χ1n) is 5.62. The van der Waals surface area contributed by atoms with Crippen LogP contribution in [0.25, 0.3) is 0 Å². The topological polar surface area (TPSA) is 29.3 Å². The van der Waals surface area contributed by atoms with Gasteiger partial charge in [-0.25, -0.2) is 0 Å². The van der Waals surface area contributed by atoms with Crippen LogP contribution in [0.2, 0.25) is 0 Å². The Kier molecular flexibility index (Phi) is 8.46. The van der Waals surface area contributed by atoms with Crippen molar-refractivity contribution >= 4 is 0 Å². The minimum atomic E-state index is 0.720. The summed E-state index contributed by atoms with van der Waals surface area (Å²) in [5.41, 5.74) is 5.47. The van der Waals surface area contributed by atoms with E-state index in [-0.39, 0.29) is 0 Å². The average molecular weight is 186 g/mol. The van der Waals surface area contributed by atoms with Crippen LogP contribution in [0.5, 0.6) is 0 Å². The predicted molar refractivity (Wildman–Crippen MR) is 59.9 cm³/mol. The van der Waals surface area contributed by atoms with Gasteiger partial charge in [-0.15, -0.1) is 0 Å². The molecule has 0 saturated heterocycles. The summed E-state index contributed by atoms with van der Waals surface area (Å²) >= 11 is 0. The van der Waals surface area contributed by atoms with E-state index < -0.39 is 0 Å². The molecule has 0 rings (SSSR count). The molecule has 0 aliphatic heterocycles. The molecule has 2 N–H and O–H groups in total. The van der Waals surface area contributed by atoms with Gasteiger partial charge in [0.1, 0.15) is 0 Å². The Hall–Kier alpha value is -0.0800. The number of hydrogen-bond donors (Lipinski definition) is 1. The summed E-state index contributed by atoms with van der Waals surface area (Å²) in [6.07, 6.45) is 6.50. The van der Waals surface area contributed by atoms with Crippen LogP contribution in [-0.4, -0.2) is 31.1 Å². The predicted octanol–water partition coefficient (Wildman–Crippen LogP) is 2.24. The second-order valence-electron chi connectivity index (χ2n) is 3.97. The fraction of sp³-hybridized carbons (Fsp3) is 1.00. The van der Waals surface area contributed by atoms with Crippen LogP contribution in [0.1, 0.15) is 46.0 Å². The minimum absolute atomic E-state index is 0.720. The van der Waals surface area contributed by atoms with Crippen molar-refractivity contribution in [2.45, 2.75) is 52.0 Å². The third-order valence-corrected chi connectivity index (χ3v) is 2.69. The highest BCUT2D eigenvalue weighted by Gasteiger charge is 2.06. The van der Waals surface area contributed by atoms with Crippen LogP contribution in [0.4, 0.5) is 0 Å². The van der Waals surface area contributed by atoms with E-state index in [4.69, 9.17) is 5.73 Å². The Morgan fingerprint density at radius 2 is 1.92 bits per heavy atom. The molecule has 13 heavy (non-hydrogen) atoms. The van der Waals surface area contributed by atoms with Crippen LogP contribution in [0.3, 0.4) is 0 Å². The quantitative estimate of drug-likeness (QED) is 0.589. The zero-order chi connectivity index (χ0) is 10.1. The summed E-state index contributed by atoms with van der Waals surface area (Å²) in [7, 11) is 2.20. The van der Waals surface area contributed by atoms with Crippen molar-refractivity contribution in [2.24, 2.45) is 5.73 Å².